The van der Waals surface area contributed by atoms with E-state index in [-0.39, 0.29) is 18.6 Å². The maximum absolute atomic E-state index is 12.1. The van der Waals surface area contributed by atoms with Crippen LogP contribution >= 0.6 is 0 Å². The summed E-state index contributed by atoms with van der Waals surface area (Å²) in [6.45, 7) is 8.83. The number of hydrogen-bond acceptors (Lipinski definition) is 3. The second kappa shape index (κ2) is 9.11. The fourth-order valence-electron chi connectivity index (χ4n) is 2.48. The van der Waals surface area contributed by atoms with Crippen molar-refractivity contribution >= 4 is 5.91 Å². The van der Waals surface area contributed by atoms with E-state index in [0.717, 1.165) is 11.3 Å². The van der Waals surface area contributed by atoms with E-state index in [0.29, 0.717) is 18.3 Å². The number of hydrogen-bond donors (Lipinski definition) is 1. The third kappa shape index (κ3) is 5.82. The van der Waals surface area contributed by atoms with Crippen LogP contribution in [-0.4, -0.2) is 19.1 Å². The number of carbonyl (C=O) groups is 1. The van der Waals surface area contributed by atoms with E-state index in [1.165, 1.54) is 5.56 Å². The smallest absolute Gasteiger partial charge is 0.258 e. The number of nitrogens with one attached hydrogen (secondary N) is 1. The van der Waals surface area contributed by atoms with E-state index in [1.54, 1.807) is 0 Å². The van der Waals surface area contributed by atoms with Crippen LogP contribution in [0.4, 0.5) is 0 Å². The molecule has 0 heterocycles. The van der Waals surface area contributed by atoms with Gasteiger partial charge in [-0.15, -0.1) is 0 Å². The summed E-state index contributed by atoms with van der Waals surface area (Å²) in [7, 11) is 0. The molecule has 0 radical (unpaired) electrons. The van der Waals surface area contributed by atoms with E-state index in [2.05, 4.69) is 19.2 Å². The van der Waals surface area contributed by atoms with Crippen LogP contribution in [-0.2, 0) is 4.79 Å². The zero-order valence-corrected chi connectivity index (χ0v) is 15.4. The molecule has 2 aromatic rings. The first-order valence-corrected chi connectivity index (χ1v) is 8.74. The molecule has 1 atom stereocenters. The van der Waals surface area contributed by atoms with E-state index < -0.39 is 0 Å². The highest BCUT2D eigenvalue weighted by Crippen LogP contribution is 2.19. The third-order valence-electron chi connectivity index (χ3n) is 3.99. The van der Waals surface area contributed by atoms with Crippen LogP contribution in [0.15, 0.2) is 48.5 Å². The quantitative estimate of drug-likeness (QED) is 0.771. The fourth-order valence-corrected chi connectivity index (χ4v) is 2.48. The van der Waals surface area contributed by atoms with Gasteiger partial charge in [-0.05, 0) is 55.2 Å². The molecule has 1 unspecified atom stereocenters. The standard InChI is InChI=1S/C21H27NO3/c1-5-24-19-12-8-18(9-13-19)16(4)22-21(23)14-25-20-10-6-17(7-11-20)15(2)3/h6-13,15-16H,5,14H2,1-4H3,(H,22,23). The normalized spacial score (nSPS) is 11.9. The van der Waals surface area contributed by atoms with Gasteiger partial charge in [0.05, 0.1) is 12.6 Å². The van der Waals surface area contributed by atoms with E-state index in [9.17, 15) is 4.79 Å². The molecular formula is C21H27NO3. The molecule has 1 N–H and O–H groups in total. The van der Waals surface area contributed by atoms with Crippen molar-refractivity contribution < 1.29 is 14.3 Å². The number of rotatable bonds is 8. The van der Waals surface area contributed by atoms with Crippen molar-refractivity contribution in [3.05, 3.63) is 59.7 Å². The molecular weight excluding hydrogens is 314 g/mol. The van der Waals surface area contributed by atoms with Gasteiger partial charge >= 0.3 is 0 Å². The van der Waals surface area contributed by atoms with Gasteiger partial charge in [0.2, 0.25) is 0 Å². The number of ether oxygens (including phenoxy) is 2. The van der Waals surface area contributed by atoms with Crippen LogP contribution in [0.5, 0.6) is 11.5 Å². The Hall–Kier alpha value is -2.49. The van der Waals surface area contributed by atoms with Crippen molar-refractivity contribution in [2.45, 2.75) is 39.7 Å². The van der Waals surface area contributed by atoms with E-state index in [4.69, 9.17) is 9.47 Å². The molecule has 0 fully saturated rings. The summed E-state index contributed by atoms with van der Waals surface area (Å²) >= 11 is 0. The minimum Gasteiger partial charge on any atom is -0.494 e. The zero-order valence-electron chi connectivity index (χ0n) is 15.4. The van der Waals surface area contributed by atoms with Crippen molar-refractivity contribution in [3.8, 4) is 11.5 Å². The third-order valence-corrected chi connectivity index (χ3v) is 3.99. The van der Waals surface area contributed by atoms with E-state index in [1.807, 2.05) is 62.4 Å². The Bertz CT molecular complexity index is 663. The lowest BCUT2D eigenvalue weighted by Gasteiger charge is -2.15. The summed E-state index contributed by atoms with van der Waals surface area (Å²) in [4.78, 5) is 12.1. The van der Waals surface area contributed by atoms with Gasteiger partial charge in [0, 0.05) is 0 Å². The molecule has 4 nitrogen and oxygen atoms in total. The number of carbonyl (C=O) groups excluding carboxylic acids is 1. The topological polar surface area (TPSA) is 47.6 Å². The predicted octanol–water partition coefficient (Wildman–Crippen LogP) is 4.46. The zero-order chi connectivity index (χ0) is 18.2. The van der Waals surface area contributed by atoms with Crippen molar-refractivity contribution in [3.63, 3.8) is 0 Å². The number of benzene rings is 2. The van der Waals surface area contributed by atoms with Crippen molar-refractivity contribution in [2.24, 2.45) is 0 Å². The molecule has 134 valence electrons. The minimum atomic E-state index is -0.144. The van der Waals surface area contributed by atoms with Gasteiger partial charge in [0.15, 0.2) is 6.61 Å². The Labute approximate surface area is 150 Å². The molecule has 0 aliphatic rings. The first-order valence-electron chi connectivity index (χ1n) is 8.74. The van der Waals surface area contributed by atoms with Crippen molar-refractivity contribution in [1.82, 2.24) is 5.32 Å². The molecule has 0 saturated heterocycles. The highest BCUT2D eigenvalue weighted by atomic mass is 16.5. The Balaban J connectivity index is 1.82. The highest BCUT2D eigenvalue weighted by molar-refractivity contribution is 5.78. The van der Waals surface area contributed by atoms with Crippen molar-refractivity contribution in [2.75, 3.05) is 13.2 Å². The number of amides is 1. The summed E-state index contributed by atoms with van der Waals surface area (Å²) in [5.41, 5.74) is 2.28. The maximum Gasteiger partial charge on any atom is 0.258 e. The van der Waals surface area contributed by atoms with Gasteiger partial charge in [0.25, 0.3) is 5.91 Å². The molecule has 4 heteroatoms. The summed E-state index contributed by atoms with van der Waals surface area (Å²) < 4.78 is 11.0. The minimum absolute atomic E-state index is 0.00238. The first kappa shape index (κ1) is 18.8. The van der Waals surface area contributed by atoms with Gasteiger partial charge < -0.3 is 14.8 Å². The second-order valence-corrected chi connectivity index (χ2v) is 6.30. The molecule has 1 amide bonds. The molecule has 0 aromatic heterocycles. The maximum atomic E-state index is 12.1. The molecule has 25 heavy (non-hydrogen) atoms. The molecule has 0 bridgehead atoms. The summed E-state index contributed by atoms with van der Waals surface area (Å²) in [5.74, 6) is 1.87. The average molecular weight is 341 g/mol. The Morgan fingerprint density at radius 1 is 0.880 bits per heavy atom. The molecule has 0 saturated carbocycles. The van der Waals surface area contributed by atoms with Crippen LogP contribution < -0.4 is 14.8 Å². The van der Waals surface area contributed by atoms with Gasteiger partial charge in [-0.2, -0.15) is 0 Å². The monoisotopic (exact) mass is 341 g/mol. The molecule has 0 aliphatic heterocycles. The van der Waals surface area contributed by atoms with Gasteiger partial charge in [0.1, 0.15) is 11.5 Å². The van der Waals surface area contributed by atoms with Gasteiger partial charge in [-0.25, -0.2) is 0 Å². The summed E-state index contributed by atoms with van der Waals surface area (Å²) in [6.07, 6.45) is 0. The summed E-state index contributed by atoms with van der Waals surface area (Å²) in [5, 5.41) is 2.94. The molecule has 2 aromatic carbocycles. The summed E-state index contributed by atoms with van der Waals surface area (Å²) in [6, 6.07) is 15.5. The van der Waals surface area contributed by atoms with Crippen LogP contribution in [0.25, 0.3) is 0 Å². The van der Waals surface area contributed by atoms with Crippen LogP contribution in [0, 0.1) is 0 Å². The SMILES string of the molecule is CCOc1ccc(C(C)NC(=O)COc2ccc(C(C)C)cc2)cc1. The lowest BCUT2D eigenvalue weighted by molar-refractivity contribution is -0.123. The highest BCUT2D eigenvalue weighted by Gasteiger charge is 2.10. The lowest BCUT2D eigenvalue weighted by Crippen LogP contribution is -2.31. The van der Waals surface area contributed by atoms with Gasteiger partial charge in [-0.1, -0.05) is 38.1 Å². The largest absolute Gasteiger partial charge is 0.494 e. The average Bonchev–Trinajstić information content (AvgIpc) is 2.61. The van der Waals surface area contributed by atoms with Crippen LogP contribution in [0.1, 0.15) is 50.8 Å². The van der Waals surface area contributed by atoms with Crippen LogP contribution in [0.3, 0.4) is 0 Å². The van der Waals surface area contributed by atoms with Gasteiger partial charge in [-0.3, -0.25) is 4.79 Å². The fraction of sp³-hybridized carbons (Fsp3) is 0.381. The lowest BCUT2D eigenvalue weighted by atomic mass is 10.0. The van der Waals surface area contributed by atoms with E-state index >= 15 is 0 Å². The molecule has 0 aliphatic carbocycles. The first-order chi connectivity index (χ1) is 12.0. The Morgan fingerprint density at radius 2 is 1.40 bits per heavy atom. The predicted molar refractivity (Wildman–Crippen MR) is 100 cm³/mol. The second-order valence-electron chi connectivity index (χ2n) is 6.30. The Morgan fingerprint density at radius 3 is 1.92 bits per heavy atom. The van der Waals surface area contributed by atoms with Crippen molar-refractivity contribution in [1.29, 1.82) is 0 Å². The molecule has 0 spiro atoms. The van der Waals surface area contributed by atoms with Crippen LogP contribution in [0.2, 0.25) is 0 Å². The Kier molecular flexibility index (Phi) is 6.87. The molecule has 2 rings (SSSR count).